The minimum Gasteiger partial charge on any atom is -0.467 e. The van der Waals surface area contributed by atoms with Crippen LogP contribution in [0.4, 0.5) is 0 Å². The van der Waals surface area contributed by atoms with Crippen LogP contribution in [0.15, 0.2) is 16.7 Å². The highest BCUT2D eigenvalue weighted by Crippen LogP contribution is 2.22. The van der Waals surface area contributed by atoms with Gasteiger partial charge in [-0.15, -0.1) is 0 Å². The molecule has 5 heteroatoms. The molecule has 0 spiro atoms. The second-order valence-electron chi connectivity index (χ2n) is 6.49. The number of carbonyl (C=O) groups is 1. The first kappa shape index (κ1) is 16.7. The van der Waals surface area contributed by atoms with Crippen LogP contribution in [0.1, 0.15) is 43.3 Å². The molecule has 1 atom stereocenters. The van der Waals surface area contributed by atoms with Crippen molar-refractivity contribution in [1.29, 1.82) is 0 Å². The van der Waals surface area contributed by atoms with E-state index >= 15 is 0 Å². The van der Waals surface area contributed by atoms with Crippen molar-refractivity contribution in [2.45, 2.75) is 39.8 Å². The first-order chi connectivity index (χ1) is 9.24. The van der Waals surface area contributed by atoms with Gasteiger partial charge < -0.3 is 20.4 Å². The van der Waals surface area contributed by atoms with Crippen LogP contribution in [0.5, 0.6) is 0 Å². The number of furan rings is 1. The van der Waals surface area contributed by atoms with Gasteiger partial charge in [-0.2, -0.15) is 0 Å². The van der Waals surface area contributed by atoms with Crippen LogP contribution in [-0.4, -0.2) is 37.5 Å². The maximum absolute atomic E-state index is 12.3. The van der Waals surface area contributed by atoms with E-state index in [2.05, 4.69) is 31.0 Å². The predicted octanol–water partition coefficient (Wildman–Crippen LogP) is 1.83. The van der Waals surface area contributed by atoms with Crippen LogP contribution >= 0.6 is 0 Å². The van der Waals surface area contributed by atoms with E-state index in [-0.39, 0.29) is 17.4 Å². The second kappa shape index (κ2) is 6.90. The molecule has 0 bridgehead atoms. The monoisotopic (exact) mass is 281 g/mol. The summed E-state index contributed by atoms with van der Waals surface area (Å²) < 4.78 is 5.21. The van der Waals surface area contributed by atoms with E-state index in [1.54, 1.807) is 6.07 Å². The van der Waals surface area contributed by atoms with Gasteiger partial charge >= 0.3 is 0 Å². The number of rotatable bonds is 6. The minimum atomic E-state index is -0.105. The zero-order valence-electron chi connectivity index (χ0n) is 13.2. The first-order valence-electron chi connectivity index (χ1n) is 6.97. The Morgan fingerprint density at radius 3 is 2.55 bits per heavy atom. The fourth-order valence-electron chi connectivity index (χ4n) is 1.96. The van der Waals surface area contributed by atoms with Crippen molar-refractivity contribution >= 4 is 5.91 Å². The highest BCUT2D eigenvalue weighted by atomic mass is 16.3. The van der Waals surface area contributed by atoms with Crippen LogP contribution in [0.2, 0.25) is 0 Å². The highest BCUT2D eigenvalue weighted by molar-refractivity contribution is 5.94. The molecule has 1 heterocycles. The molecule has 0 aliphatic carbocycles. The Morgan fingerprint density at radius 1 is 1.45 bits per heavy atom. The molecule has 114 valence electrons. The van der Waals surface area contributed by atoms with Gasteiger partial charge in [-0.25, -0.2) is 0 Å². The Hall–Kier alpha value is -1.33. The molecule has 0 radical (unpaired) electrons. The van der Waals surface area contributed by atoms with Gasteiger partial charge in [-0.3, -0.25) is 4.79 Å². The Kier molecular flexibility index (Phi) is 5.77. The van der Waals surface area contributed by atoms with Gasteiger partial charge in [-0.05, 0) is 38.5 Å². The molecule has 20 heavy (non-hydrogen) atoms. The third-order valence-electron chi connectivity index (χ3n) is 3.33. The summed E-state index contributed by atoms with van der Waals surface area (Å²) in [6, 6.07) is 1.80. The molecular formula is C15H27N3O2. The van der Waals surface area contributed by atoms with Gasteiger partial charge in [0.15, 0.2) is 0 Å². The maximum Gasteiger partial charge on any atom is 0.254 e. The summed E-state index contributed by atoms with van der Waals surface area (Å²) in [5, 5.41) is 3.10. The van der Waals surface area contributed by atoms with Crippen LogP contribution in [0.3, 0.4) is 0 Å². The number of hydrogen-bond acceptors (Lipinski definition) is 4. The lowest BCUT2D eigenvalue weighted by atomic mass is 9.84. The molecule has 1 amide bonds. The summed E-state index contributed by atoms with van der Waals surface area (Å²) >= 11 is 0. The van der Waals surface area contributed by atoms with Crippen molar-refractivity contribution < 1.29 is 9.21 Å². The molecule has 0 aliphatic heterocycles. The predicted molar refractivity (Wildman–Crippen MR) is 80.5 cm³/mol. The lowest BCUT2D eigenvalue weighted by Crippen LogP contribution is -2.45. The van der Waals surface area contributed by atoms with E-state index in [0.717, 1.165) is 13.0 Å². The quantitative estimate of drug-likeness (QED) is 0.834. The average Bonchev–Trinajstić information content (AvgIpc) is 2.81. The van der Waals surface area contributed by atoms with Gasteiger partial charge in [0.25, 0.3) is 5.91 Å². The fourth-order valence-corrected chi connectivity index (χ4v) is 1.96. The largest absolute Gasteiger partial charge is 0.467 e. The van der Waals surface area contributed by atoms with Gasteiger partial charge in [-0.1, -0.05) is 20.8 Å². The van der Waals surface area contributed by atoms with Crippen LogP contribution in [0.25, 0.3) is 0 Å². The van der Waals surface area contributed by atoms with Crippen LogP contribution in [0, 0.1) is 5.41 Å². The van der Waals surface area contributed by atoms with Gasteiger partial charge in [0.1, 0.15) is 12.0 Å². The topological polar surface area (TPSA) is 71.5 Å². The minimum absolute atomic E-state index is 0.00605. The van der Waals surface area contributed by atoms with Crippen molar-refractivity contribution in [3.8, 4) is 0 Å². The summed E-state index contributed by atoms with van der Waals surface area (Å²) in [6.07, 6.45) is 2.37. The molecule has 0 aliphatic rings. The van der Waals surface area contributed by atoms with E-state index < -0.39 is 0 Å². The molecule has 5 nitrogen and oxygen atoms in total. The van der Waals surface area contributed by atoms with E-state index in [0.29, 0.717) is 17.9 Å². The van der Waals surface area contributed by atoms with Gasteiger partial charge in [0, 0.05) is 6.04 Å². The average molecular weight is 281 g/mol. The van der Waals surface area contributed by atoms with E-state index in [1.165, 1.54) is 6.26 Å². The van der Waals surface area contributed by atoms with Gasteiger partial charge in [0.05, 0.1) is 12.1 Å². The fraction of sp³-hybridized carbons (Fsp3) is 0.667. The molecule has 0 fully saturated rings. The second-order valence-corrected chi connectivity index (χ2v) is 6.49. The molecule has 1 aromatic rings. The van der Waals surface area contributed by atoms with Crippen molar-refractivity contribution in [3.63, 3.8) is 0 Å². The summed E-state index contributed by atoms with van der Waals surface area (Å²) in [7, 11) is 4.07. The smallest absolute Gasteiger partial charge is 0.254 e. The molecule has 0 saturated heterocycles. The first-order valence-corrected chi connectivity index (χ1v) is 6.97. The van der Waals surface area contributed by atoms with Crippen molar-refractivity contribution in [2.24, 2.45) is 11.1 Å². The number of nitrogens with zero attached hydrogens (tertiary/aromatic N) is 1. The number of carbonyl (C=O) groups excluding carboxylic acids is 1. The lowest BCUT2D eigenvalue weighted by Gasteiger charge is -2.32. The zero-order valence-corrected chi connectivity index (χ0v) is 13.2. The van der Waals surface area contributed by atoms with E-state index in [1.807, 2.05) is 14.1 Å². The zero-order chi connectivity index (χ0) is 15.3. The summed E-state index contributed by atoms with van der Waals surface area (Å²) in [6.45, 7) is 7.63. The summed E-state index contributed by atoms with van der Waals surface area (Å²) in [5.41, 5.74) is 6.02. The summed E-state index contributed by atoms with van der Waals surface area (Å²) in [4.78, 5) is 14.4. The molecule has 1 unspecified atom stereocenters. The number of nitrogens with one attached hydrogen (secondary N) is 1. The molecule has 1 aromatic heterocycles. The lowest BCUT2D eigenvalue weighted by molar-refractivity contribution is 0.0892. The van der Waals surface area contributed by atoms with Crippen molar-refractivity contribution in [2.75, 3.05) is 20.6 Å². The van der Waals surface area contributed by atoms with Crippen molar-refractivity contribution in [3.05, 3.63) is 23.7 Å². The molecular weight excluding hydrogens is 254 g/mol. The third kappa shape index (κ3) is 4.98. The molecule has 0 saturated carbocycles. The Bertz CT molecular complexity index is 433. The Balaban J connectivity index is 2.71. The van der Waals surface area contributed by atoms with E-state index in [9.17, 15) is 4.79 Å². The molecule has 1 rings (SSSR count). The third-order valence-corrected chi connectivity index (χ3v) is 3.33. The Morgan fingerprint density at radius 2 is 2.10 bits per heavy atom. The number of nitrogens with two attached hydrogens (primary N) is 1. The molecule has 0 aromatic carbocycles. The van der Waals surface area contributed by atoms with E-state index in [4.69, 9.17) is 10.2 Å². The Labute approximate surface area is 121 Å². The van der Waals surface area contributed by atoms with Gasteiger partial charge in [0.2, 0.25) is 0 Å². The SMILES string of the molecule is CN(C)CCC(NC(=O)c1coc(CN)c1)C(C)(C)C. The standard InChI is InChI=1S/C15H27N3O2/c1-15(2,3)13(6-7-18(4)5)17-14(19)11-8-12(9-16)20-10-11/h8,10,13H,6-7,9,16H2,1-5H3,(H,17,19). The maximum atomic E-state index is 12.3. The normalized spacial score (nSPS) is 13.6. The van der Waals surface area contributed by atoms with Crippen molar-refractivity contribution in [1.82, 2.24) is 10.2 Å². The summed E-state index contributed by atoms with van der Waals surface area (Å²) in [5.74, 6) is 0.517. The van der Waals surface area contributed by atoms with Crippen LogP contribution in [-0.2, 0) is 6.54 Å². The van der Waals surface area contributed by atoms with Crippen LogP contribution < -0.4 is 11.1 Å². The number of amides is 1. The number of hydrogen-bond donors (Lipinski definition) is 2. The molecule has 3 N–H and O–H groups in total. The highest BCUT2D eigenvalue weighted by Gasteiger charge is 2.26.